The Labute approximate surface area is 236 Å². The van der Waals surface area contributed by atoms with Crippen molar-refractivity contribution in [3.8, 4) is 34.1 Å². The van der Waals surface area contributed by atoms with E-state index >= 15 is 0 Å². The van der Waals surface area contributed by atoms with Crippen molar-refractivity contribution in [1.82, 2.24) is 9.55 Å². The number of halogens is 1. The van der Waals surface area contributed by atoms with E-state index in [4.69, 9.17) is 4.98 Å². The fourth-order valence-electron chi connectivity index (χ4n) is 6.69. The maximum Gasteiger partial charge on any atom is 0.139 e. The summed E-state index contributed by atoms with van der Waals surface area (Å²) in [4.78, 5) is 4.81. The van der Waals surface area contributed by atoms with E-state index in [9.17, 15) is 9.65 Å². The van der Waals surface area contributed by atoms with Crippen molar-refractivity contribution in [1.29, 1.82) is 5.26 Å². The average Bonchev–Trinajstić information content (AvgIpc) is 3.45. The Hall–Kier alpha value is -5.27. The van der Waals surface area contributed by atoms with Gasteiger partial charge in [0.15, 0.2) is 0 Å². The second-order valence-corrected chi connectivity index (χ2v) is 11.3. The van der Waals surface area contributed by atoms with Crippen molar-refractivity contribution in [2.24, 2.45) is 0 Å². The summed E-state index contributed by atoms with van der Waals surface area (Å²) in [5.74, 6) is 0.216. The summed E-state index contributed by atoms with van der Waals surface area (Å²) in [6, 6.07) is 38.7. The number of hydrogen-bond donors (Lipinski definition) is 0. The molecule has 5 aromatic carbocycles. The molecule has 0 saturated carbocycles. The molecule has 4 heteroatoms. The van der Waals surface area contributed by atoms with Gasteiger partial charge in [0.25, 0.3) is 0 Å². The van der Waals surface area contributed by atoms with Crippen LogP contribution in [0.1, 0.15) is 30.5 Å². The molecule has 8 rings (SSSR count). The monoisotopic (exact) mass is 529 g/mol. The molecule has 0 saturated heterocycles. The molecule has 0 amide bonds. The average molecular weight is 530 g/mol. The lowest BCUT2D eigenvalue weighted by molar-refractivity contribution is 0.629. The number of fused-ring (bicyclic) bond motifs is 7. The summed E-state index contributed by atoms with van der Waals surface area (Å²) in [5.41, 5.74) is 10.5. The van der Waals surface area contributed by atoms with Crippen LogP contribution < -0.4 is 0 Å². The number of benzene rings is 5. The molecule has 0 spiro atoms. The van der Waals surface area contributed by atoms with Crippen molar-refractivity contribution >= 4 is 32.7 Å². The number of rotatable bonds is 2. The first kappa shape index (κ1) is 23.6. The predicted molar refractivity (Wildman–Crippen MR) is 164 cm³/mol. The summed E-state index contributed by atoms with van der Waals surface area (Å²) < 4.78 is 16.2. The van der Waals surface area contributed by atoms with Crippen LogP contribution in [-0.2, 0) is 5.41 Å². The first-order valence-electron chi connectivity index (χ1n) is 13.7. The van der Waals surface area contributed by atoms with Crippen LogP contribution >= 0.6 is 0 Å². The normalized spacial score (nSPS) is 13.4. The highest BCUT2D eigenvalue weighted by molar-refractivity contribution is 6.10. The van der Waals surface area contributed by atoms with E-state index in [-0.39, 0.29) is 11.2 Å². The van der Waals surface area contributed by atoms with Gasteiger partial charge >= 0.3 is 0 Å². The van der Waals surface area contributed by atoms with Crippen LogP contribution in [0.25, 0.3) is 60.8 Å². The summed E-state index contributed by atoms with van der Waals surface area (Å²) in [7, 11) is 0. The smallest absolute Gasteiger partial charge is 0.139 e. The fourth-order valence-corrected chi connectivity index (χ4v) is 6.69. The molecule has 0 atom stereocenters. The Morgan fingerprint density at radius 3 is 2.29 bits per heavy atom. The van der Waals surface area contributed by atoms with Crippen LogP contribution in [0, 0.1) is 17.1 Å². The first-order valence-corrected chi connectivity index (χ1v) is 13.7. The number of nitriles is 1. The zero-order valence-electron chi connectivity index (χ0n) is 22.6. The SMILES string of the molecule is CC1(C)c2ccccc2-c2cc(-c3ccc4c(c3)c3ccccc3n4-c3cc(C#N)c4ccc(F)cc4n3)ccc21. The molecular weight excluding hydrogens is 505 g/mol. The number of aromatic nitrogens is 2. The molecule has 0 bridgehead atoms. The minimum absolute atomic E-state index is 0.0279. The maximum atomic E-state index is 14.1. The molecule has 1 aliphatic carbocycles. The number of hydrogen-bond acceptors (Lipinski definition) is 2. The van der Waals surface area contributed by atoms with Crippen LogP contribution in [-0.4, -0.2) is 9.55 Å². The van der Waals surface area contributed by atoms with Crippen LogP contribution in [0.15, 0.2) is 109 Å². The van der Waals surface area contributed by atoms with Gasteiger partial charge in [0.2, 0.25) is 0 Å². The lowest BCUT2D eigenvalue weighted by Gasteiger charge is -2.21. The summed E-state index contributed by atoms with van der Waals surface area (Å²) in [6.07, 6.45) is 0. The molecule has 0 unspecified atom stereocenters. The molecule has 2 aromatic heterocycles. The van der Waals surface area contributed by atoms with Gasteiger partial charge in [-0.3, -0.25) is 4.57 Å². The van der Waals surface area contributed by atoms with Gasteiger partial charge in [0.05, 0.1) is 28.2 Å². The Kier molecular flexibility index (Phi) is 4.82. The van der Waals surface area contributed by atoms with E-state index in [1.165, 1.54) is 39.9 Å². The van der Waals surface area contributed by atoms with Crippen molar-refractivity contribution in [2.45, 2.75) is 19.3 Å². The fraction of sp³-hybridized carbons (Fsp3) is 0.0811. The van der Waals surface area contributed by atoms with E-state index in [1.54, 1.807) is 12.1 Å². The Morgan fingerprint density at radius 1 is 0.683 bits per heavy atom. The molecule has 0 aliphatic heterocycles. The number of nitrogens with zero attached hydrogens (tertiary/aromatic N) is 3. The third-order valence-electron chi connectivity index (χ3n) is 8.70. The van der Waals surface area contributed by atoms with Crippen molar-refractivity contribution in [3.63, 3.8) is 0 Å². The first-order chi connectivity index (χ1) is 19.9. The van der Waals surface area contributed by atoms with E-state index in [0.29, 0.717) is 22.3 Å². The van der Waals surface area contributed by atoms with Crippen LogP contribution in [0.3, 0.4) is 0 Å². The highest BCUT2D eigenvalue weighted by Gasteiger charge is 2.35. The maximum absolute atomic E-state index is 14.1. The van der Waals surface area contributed by atoms with Crippen molar-refractivity contribution < 1.29 is 4.39 Å². The quantitative estimate of drug-likeness (QED) is 0.224. The molecule has 7 aromatic rings. The topological polar surface area (TPSA) is 41.6 Å². The lowest BCUT2D eigenvalue weighted by Crippen LogP contribution is -2.14. The standard InChI is InChI=1S/C37H24FN3/c1-37(2)31-9-5-3-7-27(31)29-17-22(11-15-32(29)37)23-12-16-35-30(18-23)28-8-4-6-10-34(28)41(35)36-19-24(21-39)26-14-13-25(38)20-33(26)40-36/h3-20H,1-2H3. The molecule has 194 valence electrons. The minimum Gasteiger partial charge on any atom is -0.294 e. The lowest BCUT2D eigenvalue weighted by atomic mass is 9.82. The van der Waals surface area contributed by atoms with Gasteiger partial charge in [-0.2, -0.15) is 5.26 Å². The molecule has 1 aliphatic rings. The molecule has 0 fully saturated rings. The van der Waals surface area contributed by atoms with Gasteiger partial charge in [0, 0.05) is 27.6 Å². The third kappa shape index (κ3) is 3.33. The van der Waals surface area contributed by atoms with Crippen LogP contribution in [0.4, 0.5) is 4.39 Å². The third-order valence-corrected chi connectivity index (χ3v) is 8.70. The minimum atomic E-state index is -0.377. The van der Waals surface area contributed by atoms with Gasteiger partial charge in [-0.1, -0.05) is 74.5 Å². The van der Waals surface area contributed by atoms with Crippen LogP contribution in [0.5, 0.6) is 0 Å². The van der Waals surface area contributed by atoms with Crippen molar-refractivity contribution in [3.05, 3.63) is 132 Å². The second kappa shape index (κ2) is 8.36. The molecule has 2 heterocycles. The van der Waals surface area contributed by atoms with Gasteiger partial charge in [-0.05, 0) is 75.8 Å². The number of para-hydroxylation sites is 1. The zero-order valence-corrected chi connectivity index (χ0v) is 22.6. The molecule has 0 radical (unpaired) electrons. The zero-order chi connectivity index (χ0) is 27.9. The van der Waals surface area contributed by atoms with E-state index < -0.39 is 0 Å². The summed E-state index contributed by atoms with van der Waals surface area (Å²) in [6.45, 7) is 4.59. The van der Waals surface area contributed by atoms with E-state index in [0.717, 1.165) is 27.4 Å². The second-order valence-electron chi connectivity index (χ2n) is 11.3. The predicted octanol–water partition coefficient (Wildman–Crippen LogP) is 9.32. The Morgan fingerprint density at radius 2 is 1.41 bits per heavy atom. The largest absolute Gasteiger partial charge is 0.294 e. The van der Waals surface area contributed by atoms with Gasteiger partial charge in [-0.15, -0.1) is 0 Å². The van der Waals surface area contributed by atoms with Gasteiger partial charge < -0.3 is 0 Å². The van der Waals surface area contributed by atoms with Gasteiger partial charge in [0.1, 0.15) is 11.6 Å². The molecule has 0 N–H and O–H groups in total. The highest BCUT2D eigenvalue weighted by Crippen LogP contribution is 2.49. The summed E-state index contributed by atoms with van der Waals surface area (Å²) >= 11 is 0. The van der Waals surface area contributed by atoms with Crippen LogP contribution in [0.2, 0.25) is 0 Å². The Balaban J connectivity index is 1.35. The number of pyridine rings is 1. The van der Waals surface area contributed by atoms with E-state index in [2.05, 4.69) is 97.3 Å². The van der Waals surface area contributed by atoms with Gasteiger partial charge in [-0.25, -0.2) is 9.37 Å². The molecule has 3 nitrogen and oxygen atoms in total. The molecular formula is C37H24FN3. The molecule has 41 heavy (non-hydrogen) atoms. The van der Waals surface area contributed by atoms with E-state index in [1.807, 2.05) is 12.1 Å². The summed E-state index contributed by atoms with van der Waals surface area (Å²) in [5, 5.41) is 12.7. The Bertz CT molecular complexity index is 2270. The van der Waals surface area contributed by atoms with Crippen molar-refractivity contribution in [2.75, 3.05) is 0 Å². The highest BCUT2D eigenvalue weighted by atomic mass is 19.1.